The molecule has 0 unspecified atom stereocenters. The van der Waals surface area contributed by atoms with Crippen molar-refractivity contribution in [3.05, 3.63) is 70.6 Å². The van der Waals surface area contributed by atoms with Gasteiger partial charge in [-0.1, -0.05) is 24.3 Å². The van der Waals surface area contributed by atoms with Gasteiger partial charge in [0.2, 0.25) is 0 Å². The molecule has 0 saturated carbocycles. The predicted molar refractivity (Wildman–Crippen MR) is 91.9 cm³/mol. The fraction of sp³-hybridized carbons (Fsp3) is 0.118. The molecule has 5 nitrogen and oxygen atoms in total. The first kappa shape index (κ1) is 16.1. The lowest BCUT2D eigenvalue weighted by atomic mass is 10.2. The van der Waals surface area contributed by atoms with Crippen molar-refractivity contribution < 1.29 is 9.18 Å². The largest absolute Gasteiger partial charge is 0.346 e. The maximum atomic E-state index is 13.5. The normalized spacial score (nSPS) is 10.4. The first-order valence-electron chi connectivity index (χ1n) is 7.29. The van der Waals surface area contributed by atoms with Gasteiger partial charge in [0.25, 0.3) is 5.91 Å². The number of thiazole rings is 1. The minimum absolute atomic E-state index is 0.116. The second-order valence-electron chi connectivity index (χ2n) is 5.10. The Morgan fingerprint density at radius 3 is 2.79 bits per heavy atom. The molecule has 0 saturated heterocycles. The number of rotatable bonds is 5. The van der Waals surface area contributed by atoms with Crippen molar-refractivity contribution in [3.63, 3.8) is 0 Å². The highest BCUT2D eigenvalue weighted by Gasteiger charge is 2.12. The molecule has 0 aliphatic carbocycles. The zero-order valence-electron chi connectivity index (χ0n) is 12.9. The molecule has 7 heteroatoms. The molecule has 1 amide bonds. The number of amides is 1. The molecule has 3 rings (SSSR count). The third kappa shape index (κ3) is 3.94. The number of pyridine rings is 1. The minimum atomic E-state index is -0.347. The van der Waals surface area contributed by atoms with Crippen molar-refractivity contribution in [2.24, 2.45) is 0 Å². The molecule has 0 aliphatic heterocycles. The second kappa shape index (κ2) is 7.18. The Labute approximate surface area is 142 Å². The van der Waals surface area contributed by atoms with E-state index >= 15 is 0 Å². The Bertz CT molecular complexity index is 865. The summed E-state index contributed by atoms with van der Waals surface area (Å²) in [7, 11) is 0. The van der Waals surface area contributed by atoms with Crippen LogP contribution in [0.3, 0.4) is 0 Å². The molecular weight excluding hydrogens is 327 g/mol. The molecule has 0 atom stereocenters. The average Bonchev–Trinajstić information content (AvgIpc) is 3.02. The monoisotopic (exact) mass is 342 g/mol. The third-order valence-electron chi connectivity index (χ3n) is 3.26. The van der Waals surface area contributed by atoms with Gasteiger partial charge in [-0.25, -0.2) is 14.4 Å². The fourth-order valence-corrected chi connectivity index (χ4v) is 2.76. The van der Waals surface area contributed by atoms with E-state index in [0.29, 0.717) is 16.5 Å². The number of benzene rings is 1. The number of nitrogens with zero attached hydrogens (tertiary/aromatic N) is 2. The van der Waals surface area contributed by atoms with E-state index in [1.807, 2.05) is 25.1 Å². The van der Waals surface area contributed by atoms with Crippen LogP contribution in [0.1, 0.15) is 21.7 Å². The van der Waals surface area contributed by atoms with Crippen LogP contribution in [-0.4, -0.2) is 15.9 Å². The van der Waals surface area contributed by atoms with Crippen LogP contribution in [-0.2, 0) is 6.54 Å². The fourth-order valence-electron chi connectivity index (χ4n) is 2.07. The van der Waals surface area contributed by atoms with Gasteiger partial charge < -0.3 is 10.6 Å². The average molecular weight is 342 g/mol. The molecule has 0 fully saturated rings. The van der Waals surface area contributed by atoms with Crippen molar-refractivity contribution >= 4 is 28.2 Å². The van der Waals surface area contributed by atoms with E-state index in [2.05, 4.69) is 20.6 Å². The van der Waals surface area contributed by atoms with Crippen LogP contribution in [0, 0.1) is 12.7 Å². The maximum Gasteiger partial charge on any atom is 0.271 e. The summed E-state index contributed by atoms with van der Waals surface area (Å²) in [6, 6.07) is 11.9. The Kier molecular flexibility index (Phi) is 4.81. The van der Waals surface area contributed by atoms with E-state index in [0.717, 1.165) is 5.69 Å². The summed E-state index contributed by atoms with van der Waals surface area (Å²) < 4.78 is 13.5. The highest BCUT2D eigenvalue weighted by Crippen LogP contribution is 2.20. The summed E-state index contributed by atoms with van der Waals surface area (Å²) in [5.74, 6) is -0.0219. The maximum absolute atomic E-state index is 13.5. The number of aryl methyl sites for hydroxylation is 1. The lowest BCUT2D eigenvalue weighted by Gasteiger charge is -2.04. The number of carbonyl (C=O) groups is 1. The van der Waals surface area contributed by atoms with Crippen molar-refractivity contribution in [1.29, 1.82) is 0 Å². The minimum Gasteiger partial charge on any atom is -0.346 e. The zero-order chi connectivity index (χ0) is 16.9. The van der Waals surface area contributed by atoms with Gasteiger partial charge in [-0.15, -0.1) is 11.3 Å². The van der Waals surface area contributed by atoms with E-state index < -0.39 is 0 Å². The van der Waals surface area contributed by atoms with Crippen molar-refractivity contribution in [3.8, 4) is 0 Å². The van der Waals surface area contributed by atoms with Crippen molar-refractivity contribution in [2.75, 3.05) is 5.32 Å². The number of hydrogen-bond acceptors (Lipinski definition) is 5. The molecule has 2 heterocycles. The van der Waals surface area contributed by atoms with Crippen LogP contribution in [0.2, 0.25) is 0 Å². The van der Waals surface area contributed by atoms with Gasteiger partial charge >= 0.3 is 0 Å². The second-order valence-corrected chi connectivity index (χ2v) is 5.96. The summed E-state index contributed by atoms with van der Waals surface area (Å²) in [5.41, 5.74) is 1.61. The van der Waals surface area contributed by atoms with Gasteiger partial charge in [0.05, 0.1) is 0 Å². The van der Waals surface area contributed by atoms with Crippen molar-refractivity contribution in [1.82, 2.24) is 15.3 Å². The van der Waals surface area contributed by atoms with Gasteiger partial charge in [0.1, 0.15) is 17.3 Å². The molecule has 2 N–H and O–H groups in total. The van der Waals surface area contributed by atoms with Gasteiger partial charge in [-0.3, -0.25) is 4.79 Å². The molecular formula is C17H15FN4OS. The van der Waals surface area contributed by atoms with E-state index in [4.69, 9.17) is 0 Å². The van der Waals surface area contributed by atoms with Crippen LogP contribution in [0.5, 0.6) is 0 Å². The van der Waals surface area contributed by atoms with Gasteiger partial charge in [-0.2, -0.15) is 0 Å². The number of aromatic nitrogens is 2. The van der Waals surface area contributed by atoms with Crippen molar-refractivity contribution in [2.45, 2.75) is 13.5 Å². The number of anilines is 2. The molecule has 1 aromatic carbocycles. The first-order chi connectivity index (χ1) is 11.6. The Hall–Kier alpha value is -2.80. The van der Waals surface area contributed by atoms with Crippen LogP contribution >= 0.6 is 11.3 Å². The summed E-state index contributed by atoms with van der Waals surface area (Å²) in [6.07, 6.45) is 0. The molecule has 3 aromatic rings. The topological polar surface area (TPSA) is 66.9 Å². The van der Waals surface area contributed by atoms with Crippen LogP contribution < -0.4 is 10.6 Å². The van der Waals surface area contributed by atoms with E-state index in [1.54, 1.807) is 23.6 Å². The predicted octanol–water partition coefficient (Wildman–Crippen LogP) is 3.66. The first-order valence-corrected chi connectivity index (χ1v) is 8.17. The Morgan fingerprint density at radius 1 is 1.17 bits per heavy atom. The standard InChI is InChI=1S/C17H15FN4OS/c1-11-5-4-8-15(20-11)22-17-21-14(10-24-17)16(23)19-9-12-6-2-3-7-13(12)18/h2-8,10H,9H2,1H3,(H,19,23)(H,20,21,22). The summed E-state index contributed by atoms with van der Waals surface area (Å²) in [5, 5.41) is 7.94. The van der Waals surface area contributed by atoms with Crippen LogP contribution in [0.15, 0.2) is 47.8 Å². The lowest BCUT2D eigenvalue weighted by Crippen LogP contribution is -2.23. The number of halogens is 1. The third-order valence-corrected chi connectivity index (χ3v) is 4.02. The number of carbonyl (C=O) groups excluding carboxylic acids is 1. The van der Waals surface area contributed by atoms with Gasteiger partial charge in [-0.05, 0) is 25.1 Å². The number of nitrogens with one attached hydrogen (secondary N) is 2. The van der Waals surface area contributed by atoms with Gasteiger partial charge in [0, 0.05) is 23.2 Å². The molecule has 122 valence electrons. The molecule has 24 heavy (non-hydrogen) atoms. The van der Waals surface area contributed by atoms with Crippen LogP contribution in [0.4, 0.5) is 15.3 Å². The highest BCUT2D eigenvalue weighted by molar-refractivity contribution is 7.14. The SMILES string of the molecule is Cc1cccc(Nc2nc(C(=O)NCc3ccccc3F)cs2)n1. The van der Waals surface area contributed by atoms with Crippen LogP contribution in [0.25, 0.3) is 0 Å². The zero-order valence-corrected chi connectivity index (χ0v) is 13.7. The Balaban J connectivity index is 1.62. The Morgan fingerprint density at radius 2 is 2.00 bits per heavy atom. The van der Waals surface area contributed by atoms with Gasteiger partial charge in [0.15, 0.2) is 5.13 Å². The molecule has 0 spiro atoms. The number of hydrogen-bond donors (Lipinski definition) is 2. The van der Waals surface area contributed by atoms with E-state index in [1.165, 1.54) is 17.4 Å². The summed E-state index contributed by atoms with van der Waals surface area (Å²) in [4.78, 5) is 20.7. The molecule has 0 aliphatic rings. The summed E-state index contributed by atoms with van der Waals surface area (Å²) in [6.45, 7) is 2.01. The quantitative estimate of drug-likeness (QED) is 0.742. The lowest BCUT2D eigenvalue weighted by molar-refractivity contribution is 0.0946. The van der Waals surface area contributed by atoms with E-state index in [-0.39, 0.29) is 24.0 Å². The highest BCUT2D eigenvalue weighted by atomic mass is 32.1. The molecule has 0 radical (unpaired) electrons. The molecule has 2 aromatic heterocycles. The summed E-state index contributed by atoms with van der Waals surface area (Å²) >= 11 is 1.31. The smallest absolute Gasteiger partial charge is 0.271 e. The van der Waals surface area contributed by atoms with E-state index in [9.17, 15) is 9.18 Å². The molecule has 0 bridgehead atoms.